The van der Waals surface area contributed by atoms with Crippen molar-refractivity contribution in [3.05, 3.63) is 71.0 Å². The molecule has 2 saturated heterocycles. The van der Waals surface area contributed by atoms with Gasteiger partial charge in [-0.15, -0.1) is 0 Å². The van der Waals surface area contributed by atoms with Gasteiger partial charge < -0.3 is 14.7 Å². The van der Waals surface area contributed by atoms with Crippen LogP contribution in [-0.2, 0) is 9.53 Å². The first kappa shape index (κ1) is 26.5. The third kappa shape index (κ3) is 5.69. The number of ether oxygens (including phenoxy) is 1. The number of hydrogen-bond donors (Lipinski definition) is 1. The number of piperidine rings is 2. The first-order valence-electron chi connectivity index (χ1n) is 12.9. The number of methoxy groups -OCH3 is 1. The normalized spacial score (nSPS) is 23.6. The lowest BCUT2D eigenvalue weighted by molar-refractivity contribution is -0.140. The SMILES string of the molecule is COCCN1C[C@H](C(=O)c2ccccc2)C(c2cccc(F)c2C)[C@H](C(=O)N2CCC(CO)CC2)C1. The standard InChI is InChI=1S/C29H37FN2O4/c1-20-23(9-6-10-26(20)30)27-24(28(34)22-7-4-3-5-8-22)17-31(15-16-36-2)18-25(27)29(35)32-13-11-21(19-33)12-14-32/h3-10,21,24-25,27,33H,11-19H2,1-2H3/t24-,25+,27?/m0/s1. The summed E-state index contributed by atoms with van der Waals surface area (Å²) >= 11 is 0. The van der Waals surface area contributed by atoms with E-state index in [1.165, 1.54) is 6.07 Å². The molecule has 2 aromatic carbocycles. The summed E-state index contributed by atoms with van der Waals surface area (Å²) in [6.45, 7) is 5.12. The fourth-order valence-corrected chi connectivity index (χ4v) is 5.82. The zero-order valence-corrected chi connectivity index (χ0v) is 21.2. The van der Waals surface area contributed by atoms with Gasteiger partial charge in [-0.2, -0.15) is 0 Å². The average molecular weight is 497 g/mol. The topological polar surface area (TPSA) is 70.1 Å². The number of hydrogen-bond acceptors (Lipinski definition) is 5. The van der Waals surface area contributed by atoms with Crippen molar-refractivity contribution in [2.75, 3.05) is 53.0 Å². The second-order valence-electron chi connectivity index (χ2n) is 10.1. The Morgan fingerprint density at radius 3 is 2.39 bits per heavy atom. The van der Waals surface area contributed by atoms with Crippen LogP contribution >= 0.6 is 0 Å². The molecule has 1 unspecified atom stereocenters. The molecule has 1 N–H and O–H groups in total. The number of aliphatic hydroxyl groups is 1. The Balaban J connectivity index is 1.75. The molecule has 0 aliphatic carbocycles. The second-order valence-corrected chi connectivity index (χ2v) is 10.1. The van der Waals surface area contributed by atoms with Crippen LogP contribution in [-0.4, -0.2) is 79.6 Å². The highest BCUT2D eigenvalue weighted by Gasteiger charge is 2.46. The van der Waals surface area contributed by atoms with Crippen molar-refractivity contribution in [1.29, 1.82) is 0 Å². The highest BCUT2D eigenvalue weighted by atomic mass is 19.1. The van der Waals surface area contributed by atoms with E-state index in [1.807, 2.05) is 41.3 Å². The number of benzene rings is 2. The van der Waals surface area contributed by atoms with Gasteiger partial charge in [-0.05, 0) is 42.9 Å². The predicted octanol–water partition coefficient (Wildman–Crippen LogP) is 3.53. The summed E-state index contributed by atoms with van der Waals surface area (Å²) in [5, 5.41) is 9.54. The lowest BCUT2D eigenvalue weighted by atomic mass is 9.69. The van der Waals surface area contributed by atoms with Gasteiger partial charge in [0.25, 0.3) is 0 Å². The minimum absolute atomic E-state index is 0.00743. The Morgan fingerprint density at radius 1 is 1.03 bits per heavy atom. The minimum atomic E-state index is -0.498. The largest absolute Gasteiger partial charge is 0.396 e. The number of amides is 1. The zero-order chi connectivity index (χ0) is 25.7. The van der Waals surface area contributed by atoms with Gasteiger partial charge in [0.2, 0.25) is 5.91 Å². The van der Waals surface area contributed by atoms with Crippen molar-refractivity contribution in [3.8, 4) is 0 Å². The Kier molecular flexibility index (Phi) is 8.88. The van der Waals surface area contributed by atoms with E-state index in [0.717, 1.165) is 18.4 Å². The van der Waals surface area contributed by atoms with Crippen LogP contribution in [0.15, 0.2) is 48.5 Å². The number of carbonyl (C=O) groups excluding carboxylic acids is 2. The molecule has 2 aliphatic rings. The third-order valence-corrected chi connectivity index (χ3v) is 7.95. The van der Waals surface area contributed by atoms with Gasteiger partial charge in [-0.3, -0.25) is 14.5 Å². The van der Waals surface area contributed by atoms with Crippen LogP contribution in [0.3, 0.4) is 0 Å². The van der Waals surface area contributed by atoms with E-state index in [-0.39, 0.29) is 30.0 Å². The van der Waals surface area contributed by atoms with Gasteiger partial charge in [0.05, 0.1) is 12.5 Å². The maximum atomic E-state index is 14.8. The molecule has 2 heterocycles. The van der Waals surface area contributed by atoms with Crippen molar-refractivity contribution in [2.45, 2.75) is 25.7 Å². The number of likely N-dealkylation sites (tertiary alicyclic amines) is 2. The molecule has 0 aromatic heterocycles. The van der Waals surface area contributed by atoms with E-state index < -0.39 is 17.8 Å². The molecule has 2 aromatic rings. The van der Waals surface area contributed by atoms with E-state index >= 15 is 0 Å². The number of halogens is 1. The first-order chi connectivity index (χ1) is 17.4. The molecule has 36 heavy (non-hydrogen) atoms. The van der Waals surface area contributed by atoms with Crippen molar-refractivity contribution in [1.82, 2.24) is 9.80 Å². The number of Topliss-reactive ketones (excluding diaryl/α,β-unsaturated/α-hetero) is 1. The van der Waals surface area contributed by atoms with Gasteiger partial charge in [0.15, 0.2) is 5.78 Å². The fraction of sp³-hybridized carbons (Fsp3) is 0.517. The lowest BCUT2D eigenvalue weighted by Crippen LogP contribution is -2.55. The molecule has 7 heteroatoms. The molecule has 0 spiro atoms. The molecule has 0 bridgehead atoms. The van der Waals surface area contributed by atoms with Gasteiger partial charge in [-0.1, -0.05) is 42.5 Å². The van der Waals surface area contributed by atoms with Crippen molar-refractivity contribution < 1.29 is 23.8 Å². The summed E-state index contributed by atoms with van der Waals surface area (Å²) in [4.78, 5) is 32.0. The van der Waals surface area contributed by atoms with Crippen LogP contribution < -0.4 is 0 Å². The smallest absolute Gasteiger partial charge is 0.227 e. The van der Waals surface area contributed by atoms with Gasteiger partial charge in [0, 0.05) is 63.8 Å². The van der Waals surface area contributed by atoms with Crippen LogP contribution in [0.4, 0.5) is 4.39 Å². The Labute approximate surface area is 213 Å². The second kappa shape index (κ2) is 12.1. The van der Waals surface area contributed by atoms with Crippen LogP contribution in [0.2, 0.25) is 0 Å². The fourth-order valence-electron chi connectivity index (χ4n) is 5.82. The average Bonchev–Trinajstić information content (AvgIpc) is 2.92. The summed E-state index contributed by atoms with van der Waals surface area (Å²) in [5.41, 5.74) is 1.83. The highest BCUT2D eigenvalue weighted by Crippen LogP contribution is 2.42. The van der Waals surface area contributed by atoms with Gasteiger partial charge >= 0.3 is 0 Å². The molecule has 4 rings (SSSR count). The molecule has 0 saturated carbocycles. The summed E-state index contributed by atoms with van der Waals surface area (Å²) in [6, 6.07) is 14.1. The van der Waals surface area contributed by atoms with E-state index in [2.05, 4.69) is 4.90 Å². The quantitative estimate of drug-likeness (QED) is 0.567. The monoisotopic (exact) mass is 496 g/mol. The van der Waals surface area contributed by atoms with Gasteiger partial charge in [0.1, 0.15) is 5.82 Å². The minimum Gasteiger partial charge on any atom is -0.396 e. The summed E-state index contributed by atoms with van der Waals surface area (Å²) in [5.74, 6) is -1.55. The van der Waals surface area contributed by atoms with Crippen LogP contribution in [0, 0.1) is 30.5 Å². The van der Waals surface area contributed by atoms with Crippen LogP contribution in [0.25, 0.3) is 0 Å². The van der Waals surface area contributed by atoms with Crippen LogP contribution in [0.1, 0.15) is 40.2 Å². The highest BCUT2D eigenvalue weighted by molar-refractivity contribution is 5.99. The number of nitrogens with zero attached hydrogens (tertiary/aromatic N) is 2. The molecular formula is C29H37FN2O4. The maximum absolute atomic E-state index is 14.8. The molecule has 6 nitrogen and oxygen atoms in total. The van der Waals surface area contributed by atoms with Crippen molar-refractivity contribution in [3.63, 3.8) is 0 Å². The molecular weight excluding hydrogens is 459 g/mol. The van der Waals surface area contributed by atoms with Crippen molar-refractivity contribution >= 4 is 11.7 Å². The molecule has 194 valence electrons. The van der Waals surface area contributed by atoms with Crippen LogP contribution in [0.5, 0.6) is 0 Å². The summed E-state index contributed by atoms with van der Waals surface area (Å²) < 4.78 is 20.1. The Morgan fingerprint density at radius 2 is 1.72 bits per heavy atom. The lowest BCUT2D eigenvalue weighted by Gasteiger charge is -2.45. The first-order valence-corrected chi connectivity index (χ1v) is 12.9. The number of aliphatic hydroxyl groups excluding tert-OH is 1. The molecule has 0 radical (unpaired) electrons. The zero-order valence-electron chi connectivity index (χ0n) is 21.2. The number of carbonyl (C=O) groups is 2. The molecule has 2 fully saturated rings. The molecule has 1 amide bonds. The van der Waals surface area contributed by atoms with E-state index in [0.29, 0.717) is 50.5 Å². The summed E-state index contributed by atoms with van der Waals surface area (Å²) in [7, 11) is 1.64. The molecule has 3 atom stereocenters. The predicted molar refractivity (Wildman–Crippen MR) is 136 cm³/mol. The van der Waals surface area contributed by atoms with Gasteiger partial charge in [-0.25, -0.2) is 4.39 Å². The Bertz CT molecular complexity index is 1040. The Hall–Kier alpha value is -2.61. The third-order valence-electron chi connectivity index (χ3n) is 7.95. The number of rotatable bonds is 8. The van der Waals surface area contributed by atoms with Crippen molar-refractivity contribution in [2.24, 2.45) is 17.8 Å². The summed E-state index contributed by atoms with van der Waals surface area (Å²) in [6.07, 6.45) is 1.52. The van der Waals surface area contributed by atoms with E-state index in [4.69, 9.17) is 4.74 Å². The number of ketones is 1. The maximum Gasteiger partial charge on any atom is 0.227 e. The van der Waals surface area contributed by atoms with E-state index in [9.17, 15) is 19.1 Å². The molecule has 2 aliphatic heterocycles. The van der Waals surface area contributed by atoms with E-state index in [1.54, 1.807) is 20.1 Å².